The lowest BCUT2D eigenvalue weighted by Crippen LogP contribution is -2.08. The van der Waals surface area contributed by atoms with E-state index in [-0.39, 0.29) is 0 Å². The molecule has 0 spiro atoms. The van der Waals surface area contributed by atoms with Crippen LogP contribution in [-0.2, 0) is 0 Å². The highest BCUT2D eigenvalue weighted by Gasteiger charge is 2.13. The third kappa shape index (κ3) is 2.10. The summed E-state index contributed by atoms with van der Waals surface area (Å²) in [6.45, 7) is 5.98. The van der Waals surface area contributed by atoms with Crippen molar-refractivity contribution in [1.82, 2.24) is 0 Å². The molecule has 1 aliphatic rings. The number of hydrogen-bond acceptors (Lipinski definition) is 2. The highest BCUT2D eigenvalue weighted by atomic mass is 33.1. The first-order valence-corrected chi connectivity index (χ1v) is 5.89. The highest BCUT2D eigenvalue weighted by molar-refractivity contribution is 8.76. The summed E-state index contributed by atoms with van der Waals surface area (Å²) in [6.07, 6.45) is 4.04. The SMILES string of the molecule is C=C/C=C1/CSSCC1C. The van der Waals surface area contributed by atoms with E-state index in [0.29, 0.717) is 0 Å². The van der Waals surface area contributed by atoms with Crippen molar-refractivity contribution in [2.75, 3.05) is 11.5 Å². The van der Waals surface area contributed by atoms with Crippen LogP contribution in [0.15, 0.2) is 24.3 Å². The molecule has 0 aromatic heterocycles. The first-order chi connectivity index (χ1) is 4.84. The standard InChI is InChI=1S/C8H12S2/c1-3-4-8-6-10-9-5-7(8)2/h3-4,7H,1,5-6H2,2H3/b8-4-. The fourth-order valence-electron chi connectivity index (χ4n) is 0.873. The summed E-state index contributed by atoms with van der Waals surface area (Å²) in [6, 6.07) is 0. The van der Waals surface area contributed by atoms with Crippen LogP contribution in [0.2, 0.25) is 0 Å². The summed E-state index contributed by atoms with van der Waals surface area (Å²) >= 11 is 0. The van der Waals surface area contributed by atoms with E-state index in [9.17, 15) is 0 Å². The molecule has 1 fully saturated rings. The number of allylic oxidation sites excluding steroid dienone is 2. The van der Waals surface area contributed by atoms with Gasteiger partial charge in [0.1, 0.15) is 0 Å². The maximum atomic E-state index is 3.70. The lowest BCUT2D eigenvalue weighted by molar-refractivity contribution is 0.786. The zero-order valence-electron chi connectivity index (χ0n) is 6.17. The lowest BCUT2D eigenvalue weighted by Gasteiger charge is -2.19. The zero-order valence-corrected chi connectivity index (χ0v) is 7.80. The van der Waals surface area contributed by atoms with Gasteiger partial charge in [-0.15, -0.1) is 0 Å². The minimum atomic E-state index is 0.754. The average molecular weight is 172 g/mol. The molecule has 56 valence electrons. The minimum Gasteiger partial charge on any atom is -0.0991 e. The van der Waals surface area contributed by atoms with Gasteiger partial charge in [-0.25, -0.2) is 0 Å². The van der Waals surface area contributed by atoms with Gasteiger partial charge < -0.3 is 0 Å². The number of rotatable bonds is 1. The molecule has 10 heavy (non-hydrogen) atoms. The van der Waals surface area contributed by atoms with Gasteiger partial charge in [0.15, 0.2) is 0 Å². The summed E-state index contributed by atoms with van der Waals surface area (Å²) in [5, 5.41) is 0. The largest absolute Gasteiger partial charge is 0.0991 e. The van der Waals surface area contributed by atoms with E-state index in [1.807, 2.05) is 27.7 Å². The van der Waals surface area contributed by atoms with Crippen molar-refractivity contribution in [1.29, 1.82) is 0 Å². The Kier molecular flexibility index (Phi) is 3.43. The first-order valence-electron chi connectivity index (χ1n) is 3.40. The average Bonchev–Trinajstić information content (AvgIpc) is 1.94. The first kappa shape index (κ1) is 8.28. The van der Waals surface area contributed by atoms with E-state index in [2.05, 4.69) is 19.6 Å². The van der Waals surface area contributed by atoms with Crippen LogP contribution in [0.3, 0.4) is 0 Å². The molecular formula is C8H12S2. The van der Waals surface area contributed by atoms with Crippen LogP contribution in [0.1, 0.15) is 6.92 Å². The van der Waals surface area contributed by atoms with E-state index in [1.165, 1.54) is 11.5 Å². The Balaban J connectivity index is 2.55. The fraction of sp³-hybridized carbons (Fsp3) is 0.500. The Hall–Kier alpha value is 0.180. The second kappa shape index (κ2) is 4.14. The molecule has 0 aliphatic carbocycles. The van der Waals surface area contributed by atoms with Crippen molar-refractivity contribution >= 4 is 21.6 Å². The Morgan fingerprint density at radius 1 is 1.60 bits per heavy atom. The summed E-state index contributed by atoms with van der Waals surface area (Å²) in [4.78, 5) is 0. The second-order valence-corrected chi connectivity index (χ2v) is 4.93. The molecule has 0 amide bonds. The molecule has 0 N–H and O–H groups in total. The molecule has 0 radical (unpaired) electrons. The minimum absolute atomic E-state index is 0.754. The van der Waals surface area contributed by atoms with Gasteiger partial charge in [-0.05, 0) is 5.92 Å². The molecule has 0 saturated carbocycles. The Morgan fingerprint density at radius 2 is 2.40 bits per heavy atom. The van der Waals surface area contributed by atoms with Crippen LogP contribution in [0.5, 0.6) is 0 Å². The predicted octanol–water partition coefficient (Wildman–Crippen LogP) is 3.13. The Bertz CT molecular complexity index is 149. The van der Waals surface area contributed by atoms with Gasteiger partial charge >= 0.3 is 0 Å². The van der Waals surface area contributed by atoms with Crippen LogP contribution < -0.4 is 0 Å². The predicted molar refractivity (Wildman–Crippen MR) is 52.4 cm³/mol. The van der Waals surface area contributed by atoms with Crippen LogP contribution >= 0.6 is 21.6 Å². The molecular weight excluding hydrogens is 160 g/mol. The van der Waals surface area contributed by atoms with E-state index in [1.54, 1.807) is 5.57 Å². The number of hydrogen-bond donors (Lipinski definition) is 0. The third-order valence-electron chi connectivity index (χ3n) is 1.59. The van der Waals surface area contributed by atoms with E-state index >= 15 is 0 Å². The molecule has 0 nitrogen and oxygen atoms in total. The molecule has 0 aromatic carbocycles. The molecule has 0 bridgehead atoms. The van der Waals surface area contributed by atoms with Crippen molar-refractivity contribution < 1.29 is 0 Å². The molecule has 1 rings (SSSR count). The zero-order chi connectivity index (χ0) is 7.40. The van der Waals surface area contributed by atoms with Gasteiger partial charge in [-0.1, -0.05) is 52.8 Å². The maximum absolute atomic E-state index is 3.70. The van der Waals surface area contributed by atoms with Gasteiger partial charge in [0, 0.05) is 11.5 Å². The highest BCUT2D eigenvalue weighted by Crippen LogP contribution is 2.35. The quantitative estimate of drug-likeness (QED) is 0.557. The third-order valence-corrected chi connectivity index (χ3v) is 4.11. The van der Waals surface area contributed by atoms with E-state index in [4.69, 9.17) is 0 Å². The van der Waals surface area contributed by atoms with Crippen molar-refractivity contribution in [3.8, 4) is 0 Å². The molecule has 1 aliphatic heterocycles. The maximum Gasteiger partial charge on any atom is 0.0253 e. The van der Waals surface area contributed by atoms with E-state index < -0.39 is 0 Å². The molecule has 1 saturated heterocycles. The van der Waals surface area contributed by atoms with Crippen LogP contribution in [-0.4, -0.2) is 11.5 Å². The van der Waals surface area contributed by atoms with Crippen molar-refractivity contribution in [3.63, 3.8) is 0 Å². The van der Waals surface area contributed by atoms with Crippen molar-refractivity contribution in [2.24, 2.45) is 5.92 Å². The molecule has 0 aromatic rings. The Morgan fingerprint density at radius 3 is 3.00 bits per heavy atom. The van der Waals surface area contributed by atoms with Gasteiger partial charge in [0.2, 0.25) is 0 Å². The van der Waals surface area contributed by atoms with Crippen LogP contribution in [0.25, 0.3) is 0 Å². The summed E-state index contributed by atoms with van der Waals surface area (Å²) in [7, 11) is 3.92. The Labute approximate surface area is 70.6 Å². The van der Waals surface area contributed by atoms with Gasteiger partial charge in [-0.2, -0.15) is 0 Å². The van der Waals surface area contributed by atoms with Crippen molar-refractivity contribution in [2.45, 2.75) is 6.92 Å². The molecule has 1 heterocycles. The fourth-order valence-corrected chi connectivity index (χ4v) is 3.55. The normalized spacial score (nSPS) is 30.5. The summed E-state index contributed by atoms with van der Waals surface area (Å²) in [5.74, 6) is 3.19. The van der Waals surface area contributed by atoms with Crippen LogP contribution in [0, 0.1) is 5.92 Å². The van der Waals surface area contributed by atoms with Crippen LogP contribution in [0.4, 0.5) is 0 Å². The van der Waals surface area contributed by atoms with E-state index in [0.717, 1.165) is 5.92 Å². The molecule has 1 unspecified atom stereocenters. The molecule has 2 heteroatoms. The second-order valence-electron chi connectivity index (χ2n) is 2.43. The summed E-state index contributed by atoms with van der Waals surface area (Å²) < 4.78 is 0. The van der Waals surface area contributed by atoms with Crippen molar-refractivity contribution in [3.05, 3.63) is 24.3 Å². The molecule has 1 atom stereocenters. The topological polar surface area (TPSA) is 0 Å². The van der Waals surface area contributed by atoms with Gasteiger partial charge in [0.25, 0.3) is 0 Å². The monoisotopic (exact) mass is 172 g/mol. The van der Waals surface area contributed by atoms with Gasteiger partial charge in [0.05, 0.1) is 0 Å². The smallest absolute Gasteiger partial charge is 0.0253 e. The summed E-state index contributed by atoms with van der Waals surface area (Å²) in [5.41, 5.74) is 1.54. The van der Waals surface area contributed by atoms with Gasteiger partial charge in [-0.3, -0.25) is 0 Å². The lowest BCUT2D eigenvalue weighted by atomic mass is 10.1.